The minimum atomic E-state index is -1.18. The van der Waals surface area contributed by atoms with Crippen LogP contribution in [-0.4, -0.2) is 52.3 Å². The van der Waals surface area contributed by atoms with Crippen LogP contribution in [0.3, 0.4) is 0 Å². The number of nitrogens with zero attached hydrogens (tertiary/aromatic N) is 1. The summed E-state index contributed by atoms with van der Waals surface area (Å²) in [7, 11) is 0. The van der Waals surface area contributed by atoms with E-state index in [0.29, 0.717) is 12.2 Å². The number of fused-ring (bicyclic) bond motifs is 3. The maximum atomic E-state index is 13.3. The normalized spacial score (nSPS) is 20.6. The van der Waals surface area contributed by atoms with Crippen LogP contribution in [0.15, 0.2) is 47.1 Å². The van der Waals surface area contributed by atoms with Gasteiger partial charge in [-0.15, -0.1) is 0 Å². The largest absolute Gasteiger partial charge is 0.480 e. The fraction of sp³-hybridized carbons (Fsp3) is 0.391. The van der Waals surface area contributed by atoms with Crippen LogP contribution in [0.5, 0.6) is 0 Å². The number of hydrogen-bond donors (Lipinski definition) is 3. The topological polar surface area (TPSA) is 129 Å². The van der Waals surface area contributed by atoms with E-state index in [1.807, 2.05) is 36.4 Å². The van der Waals surface area contributed by atoms with Gasteiger partial charge in [0.25, 0.3) is 0 Å². The van der Waals surface area contributed by atoms with Crippen molar-refractivity contribution in [2.24, 2.45) is 0 Å². The molecule has 32 heavy (non-hydrogen) atoms. The van der Waals surface area contributed by atoms with Crippen molar-refractivity contribution < 1.29 is 28.7 Å². The molecule has 0 aliphatic carbocycles. The lowest BCUT2D eigenvalue weighted by atomic mass is 9.86. The summed E-state index contributed by atoms with van der Waals surface area (Å²) in [5.41, 5.74) is 1.74. The molecule has 0 spiro atoms. The van der Waals surface area contributed by atoms with Crippen molar-refractivity contribution in [3.63, 3.8) is 0 Å². The van der Waals surface area contributed by atoms with E-state index in [1.165, 1.54) is 0 Å². The first-order valence-corrected chi connectivity index (χ1v) is 10.6. The van der Waals surface area contributed by atoms with Crippen molar-refractivity contribution in [2.75, 3.05) is 6.54 Å². The van der Waals surface area contributed by atoms with Gasteiger partial charge < -0.3 is 25.1 Å². The molecule has 2 aliphatic heterocycles. The van der Waals surface area contributed by atoms with E-state index in [-0.39, 0.29) is 24.8 Å². The van der Waals surface area contributed by atoms with Crippen LogP contribution in [0.2, 0.25) is 0 Å². The van der Waals surface area contributed by atoms with Gasteiger partial charge in [-0.25, -0.2) is 0 Å². The molecule has 1 aromatic heterocycles. The van der Waals surface area contributed by atoms with E-state index in [9.17, 15) is 19.2 Å². The van der Waals surface area contributed by atoms with Crippen molar-refractivity contribution in [2.45, 2.75) is 50.2 Å². The molecule has 3 N–H and O–H groups in total. The van der Waals surface area contributed by atoms with Crippen LogP contribution in [0.4, 0.5) is 0 Å². The average molecular weight is 439 g/mol. The van der Waals surface area contributed by atoms with Gasteiger partial charge in [-0.3, -0.25) is 19.2 Å². The summed E-state index contributed by atoms with van der Waals surface area (Å²) in [4.78, 5) is 51.2. The highest BCUT2D eigenvalue weighted by Crippen LogP contribution is 2.40. The van der Waals surface area contributed by atoms with Gasteiger partial charge in [-0.05, 0) is 24.5 Å². The SMILES string of the molecule is O=C(O)CNC(=O)[C@H](Cc1ccccc1)NC(=O)[C@@H]1Cc2occc2[C@H]2CCCC(=O)N21. The van der Waals surface area contributed by atoms with Crippen LogP contribution in [0, 0.1) is 0 Å². The zero-order chi connectivity index (χ0) is 22.7. The molecule has 0 radical (unpaired) electrons. The standard InChI is InChI=1S/C23H25N3O6/c27-20-8-4-7-17-15-9-10-32-19(15)12-18(26(17)20)23(31)25-16(22(30)24-13-21(28)29)11-14-5-2-1-3-6-14/h1-3,5-6,9-10,16-18H,4,7-8,11-13H2,(H,24,30)(H,25,31)(H,28,29)/t16-,17+,18-/m0/s1. The molecule has 2 aliphatic rings. The highest BCUT2D eigenvalue weighted by Gasteiger charge is 2.44. The van der Waals surface area contributed by atoms with E-state index in [0.717, 1.165) is 24.0 Å². The second kappa shape index (κ2) is 9.25. The number of aliphatic carboxylic acids is 1. The summed E-state index contributed by atoms with van der Waals surface area (Å²) in [6.07, 6.45) is 3.85. The number of rotatable bonds is 7. The van der Waals surface area contributed by atoms with Gasteiger partial charge in [0.1, 0.15) is 24.4 Å². The molecule has 3 amide bonds. The molecule has 0 unspecified atom stereocenters. The van der Waals surface area contributed by atoms with Gasteiger partial charge in [0.2, 0.25) is 17.7 Å². The molecule has 0 saturated carbocycles. The molecule has 9 nitrogen and oxygen atoms in total. The number of benzene rings is 1. The lowest BCUT2D eigenvalue weighted by Crippen LogP contribution is -2.59. The zero-order valence-corrected chi connectivity index (χ0v) is 17.5. The first-order valence-electron chi connectivity index (χ1n) is 10.6. The van der Waals surface area contributed by atoms with E-state index in [1.54, 1.807) is 11.2 Å². The van der Waals surface area contributed by atoms with Crippen molar-refractivity contribution >= 4 is 23.7 Å². The van der Waals surface area contributed by atoms with E-state index < -0.39 is 36.4 Å². The third-order valence-electron chi connectivity index (χ3n) is 5.98. The third-order valence-corrected chi connectivity index (χ3v) is 5.98. The first kappa shape index (κ1) is 21.6. The quantitative estimate of drug-likeness (QED) is 0.594. The van der Waals surface area contributed by atoms with E-state index in [4.69, 9.17) is 9.52 Å². The predicted molar refractivity (Wildman–Crippen MR) is 112 cm³/mol. The van der Waals surface area contributed by atoms with E-state index in [2.05, 4.69) is 10.6 Å². The van der Waals surface area contributed by atoms with Crippen LogP contribution in [-0.2, 0) is 32.0 Å². The molecular formula is C23H25N3O6. The van der Waals surface area contributed by atoms with Crippen molar-refractivity contribution in [3.8, 4) is 0 Å². The molecule has 3 heterocycles. The number of carboxylic acid groups (broad SMARTS) is 1. The van der Waals surface area contributed by atoms with E-state index >= 15 is 0 Å². The van der Waals surface area contributed by atoms with Crippen LogP contribution < -0.4 is 10.6 Å². The van der Waals surface area contributed by atoms with Gasteiger partial charge >= 0.3 is 5.97 Å². The first-order chi connectivity index (χ1) is 15.4. The Labute approximate surface area is 184 Å². The smallest absolute Gasteiger partial charge is 0.322 e. The molecule has 3 atom stereocenters. The Balaban J connectivity index is 1.55. The number of carbonyl (C=O) groups excluding carboxylic acids is 3. The average Bonchev–Trinajstić information content (AvgIpc) is 3.26. The van der Waals surface area contributed by atoms with Crippen molar-refractivity contribution in [1.29, 1.82) is 0 Å². The van der Waals surface area contributed by atoms with Gasteiger partial charge in [0, 0.05) is 24.8 Å². The zero-order valence-electron chi connectivity index (χ0n) is 17.5. The van der Waals surface area contributed by atoms with Crippen molar-refractivity contribution in [1.82, 2.24) is 15.5 Å². The molecule has 168 valence electrons. The Morgan fingerprint density at radius 2 is 1.97 bits per heavy atom. The molecule has 2 aromatic rings. The molecule has 1 fully saturated rings. The molecule has 1 saturated heterocycles. The number of hydrogen-bond acceptors (Lipinski definition) is 5. The summed E-state index contributed by atoms with van der Waals surface area (Å²) >= 11 is 0. The third kappa shape index (κ3) is 4.51. The fourth-order valence-electron chi connectivity index (χ4n) is 4.50. The second-order valence-electron chi connectivity index (χ2n) is 8.09. The van der Waals surface area contributed by atoms with Crippen LogP contribution >= 0.6 is 0 Å². The summed E-state index contributed by atoms with van der Waals surface area (Å²) in [6, 6.07) is 8.97. The van der Waals surface area contributed by atoms with Crippen LogP contribution in [0.25, 0.3) is 0 Å². The Bertz CT molecular complexity index is 1020. The predicted octanol–water partition coefficient (Wildman–Crippen LogP) is 1.19. The molecule has 0 bridgehead atoms. The van der Waals surface area contributed by atoms with Gasteiger partial charge in [0.15, 0.2) is 0 Å². The summed E-state index contributed by atoms with van der Waals surface area (Å²) in [5.74, 6) is -1.65. The lowest BCUT2D eigenvalue weighted by molar-refractivity contribution is -0.148. The number of furan rings is 1. The van der Waals surface area contributed by atoms with Crippen molar-refractivity contribution in [3.05, 3.63) is 59.5 Å². The Kier molecular flexibility index (Phi) is 6.25. The second-order valence-corrected chi connectivity index (χ2v) is 8.09. The highest BCUT2D eigenvalue weighted by molar-refractivity contribution is 5.93. The number of piperidine rings is 1. The maximum Gasteiger partial charge on any atom is 0.322 e. The molecular weight excluding hydrogens is 414 g/mol. The number of amides is 3. The Morgan fingerprint density at radius 3 is 2.72 bits per heavy atom. The number of carbonyl (C=O) groups is 4. The monoisotopic (exact) mass is 439 g/mol. The van der Waals surface area contributed by atoms with Gasteiger partial charge in [-0.2, -0.15) is 0 Å². The number of carboxylic acids is 1. The maximum absolute atomic E-state index is 13.3. The molecule has 4 rings (SSSR count). The summed E-state index contributed by atoms with van der Waals surface area (Å²) in [6.45, 7) is -0.550. The summed E-state index contributed by atoms with van der Waals surface area (Å²) in [5, 5.41) is 14.0. The fourth-order valence-corrected chi connectivity index (χ4v) is 4.50. The highest BCUT2D eigenvalue weighted by atomic mass is 16.4. The minimum absolute atomic E-state index is 0.0943. The molecule has 1 aromatic carbocycles. The Morgan fingerprint density at radius 1 is 1.19 bits per heavy atom. The Hall–Kier alpha value is -3.62. The van der Waals surface area contributed by atoms with Crippen LogP contribution in [0.1, 0.15) is 42.2 Å². The summed E-state index contributed by atoms with van der Waals surface area (Å²) < 4.78 is 5.57. The molecule has 9 heteroatoms. The number of nitrogens with one attached hydrogen (secondary N) is 2. The van der Waals surface area contributed by atoms with Gasteiger partial charge in [-0.1, -0.05) is 30.3 Å². The van der Waals surface area contributed by atoms with Gasteiger partial charge in [0.05, 0.1) is 12.3 Å². The minimum Gasteiger partial charge on any atom is -0.480 e. The lowest BCUT2D eigenvalue weighted by Gasteiger charge is -2.43.